The molecule has 40 heavy (non-hydrogen) atoms. The summed E-state index contributed by atoms with van der Waals surface area (Å²) in [6, 6.07) is 28.0. The van der Waals surface area contributed by atoms with Crippen molar-refractivity contribution < 1.29 is 62.2 Å². The molecule has 1 aliphatic rings. The zero-order chi connectivity index (χ0) is 27.9. The fourth-order valence-corrected chi connectivity index (χ4v) is 5.06. The molecule has 0 saturated heterocycles. The molecule has 0 spiro atoms. The number of benzene rings is 3. The summed E-state index contributed by atoms with van der Waals surface area (Å²) in [4.78, 5) is 0. The van der Waals surface area contributed by atoms with Gasteiger partial charge in [0.2, 0.25) is 0 Å². The molecule has 212 valence electrons. The van der Waals surface area contributed by atoms with Crippen molar-refractivity contribution in [2.45, 2.75) is 65.5 Å². The standard InChI is InChI=1S/C13H9.C13H21.C8H5F3.2ClH.Zr/c1-3-7-12-10(5-1)9-11-6-2-4-8-13(11)12;1-6-10-8-11(7-2)12(9-10)13(3,4)5;1-6-2-4-7(5-3-6)8(9,10)11;;;/h1-5,7-8H,9H2;8-9H,6-7H2,1-5H3;1-5H;2*1H;/q2*-1;;;;+2/p-2. The molecule has 0 fully saturated rings. The van der Waals surface area contributed by atoms with Crippen LogP contribution in [0.5, 0.6) is 0 Å². The first-order valence-corrected chi connectivity index (χ1v) is 14.4. The summed E-state index contributed by atoms with van der Waals surface area (Å²) in [5, 5.41) is 0. The van der Waals surface area contributed by atoms with Crippen LogP contribution in [-0.2, 0) is 55.1 Å². The molecule has 0 amide bonds. The summed E-state index contributed by atoms with van der Waals surface area (Å²) in [7, 11) is 0. The fraction of sp³-hybridized carbons (Fsp3) is 0.294. The minimum absolute atomic E-state index is 0. The van der Waals surface area contributed by atoms with Gasteiger partial charge in [0.05, 0.1) is 0 Å². The van der Waals surface area contributed by atoms with Gasteiger partial charge in [-0.2, -0.15) is 52.6 Å². The van der Waals surface area contributed by atoms with Gasteiger partial charge < -0.3 is 24.8 Å². The number of hydrogen-bond donors (Lipinski definition) is 0. The van der Waals surface area contributed by atoms with Crippen molar-refractivity contribution in [3.8, 4) is 11.1 Å². The number of halogens is 5. The van der Waals surface area contributed by atoms with Crippen LogP contribution >= 0.6 is 0 Å². The molecule has 0 radical (unpaired) electrons. The number of alkyl halides is 3. The molecular formula is C34H35Cl2F3Zr-2. The second-order valence-corrected chi connectivity index (χ2v) is 11.1. The molecule has 4 aromatic carbocycles. The van der Waals surface area contributed by atoms with E-state index in [2.05, 4.69) is 89.2 Å². The van der Waals surface area contributed by atoms with E-state index in [1.165, 1.54) is 75.3 Å². The van der Waals surface area contributed by atoms with Crippen LogP contribution in [0.2, 0.25) is 0 Å². The molecule has 0 N–H and O–H groups in total. The SMILES string of the molecule is CCc1cc(C(C)(C)C)c(CC)[cH-]1.FC(F)(F)c1ccc([CH]=[Zr+2])cc1.[Cl-].[Cl-].[c-]1cccc2c1Cc1ccccc1-2. The Hall–Kier alpha value is -1.87. The normalized spacial score (nSPS) is 11.3. The second-order valence-electron chi connectivity index (χ2n) is 10.4. The third kappa shape index (κ3) is 9.61. The van der Waals surface area contributed by atoms with E-state index in [4.69, 9.17) is 0 Å². The van der Waals surface area contributed by atoms with Crippen LogP contribution in [0.3, 0.4) is 0 Å². The molecule has 1 aliphatic carbocycles. The van der Waals surface area contributed by atoms with Crippen LogP contribution in [-0.4, -0.2) is 3.71 Å². The minimum Gasteiger partial charge on any atom is -1.00 e. The van der Waals surface area contributed by atoms with Crippen LogP contribution in [0.1, 0.15) is 73.6 Å². The zero-order valence-electron chi connectivity index (χ0n) is 23.6. The molecule has 0 nitrogen and oxygen atoms in total. The number of hydrogen-bond acceptors (Lipinski definition) is 0. The Morgan fingerprint density at radius 3 is 2.02 bits per heavy atom. The van der Waals surface area contributed by atoms with Crippen molar-refractivity contribution in [3.63, 3.8) is 0 Å². The number of fused-ring (bicyclic) bond motifs is 3. The van der Waals surface area contributed by atoms with Gasteiger partial charge in [-0.3, -0.25) is 0 Å². The molecule has 0 aliphatic heterocycles. The third-order valence-electron chi connectivity index (χ3n) is 6.65. The average molecular weight is 663 g/mol. The van der Waals surface area contributed by atoms with Crippen LogP contribution in [0.25, 0.3) is 11.1 Å². The molecule has 0 atom stereocenters. The first-order valence-electron chi connectivity index (χ1n) is 13.0. The van der Waals surface area contributed by atoms with Crippen molar-refractivity contribution in [2.75, 3.05) is 0 Å². The topological polar surface area (TPSA) is 0 Å². The molecular weight excluding hydrogens is 627 g/mol. The van der Waals surface area contributed by atoms with Crippen LogP contribution < -0.4 is 24.8 Å². The first kappa shape index (κ1) is 36.2. The van der Waals surface area contributed by atoms with E-state index in [-0.39, 0.29) is 24.8 Å². The largest absolute Gasteiger partial charge is 1.00 e. The van der Waals surface area contributed by atoms with Crippen molar-refractivity contribution in [1.29, 1.82) is 0 Å². The monoisotopic (exact) mass is 660 g/mol. The van der Waals surface area contributed by atoms with Crippen molar-refractivity contribution in [3.05, 3.63) is 124 Å². The Labute approximate surface area is 264 Å². The first-order chi connectivity index (χ1) is 18.0. The van der Waals surface area contributed by atoms with Crippen molar-refractivity contribution in [1.82, 2.24) is 0 Å². The Morgan fingerprint density at radius 1 is 0.875 bits per heavy atom. The summed E-state index contributed by atoms with van der Waals surface area (Å²) >= 11 is 1.18. The summed E-state index contributed by atoms with van der Waals surface area (Å²) in [5.41, 5.74) is 10.6. The van der Waals surface area contributed by atoms with Gasteiger partial charge in [-0.1, -0.05) is 88.3 Å². The quantitative estimate of drug-likeness (QED) is 0.261. The minimum atomic E-state index is -4.22. The summed E-state index contributed by atoms with van der Waals surface area (Å²) in [6.45, 7) is 11.3. The summed E-state index contributed by atoms with van der Waals surface area (Å²) in [6.07, 6.45) is -0.859. The van der Waals surface area contributed by atoms with E-state index in [1.807, 2.05) is 9.78 Å². The van der Waals surface area contributed by atoms with E-state index in [9.17, 15) is 13.2 Å². The maximum Gasteiger partial charge on any atom is -0.0253 e. The Morgan fingerprint density at radius 2 is 1.50 bits per heavy atom. The van der Waals surface area contributed by atoms with Crippen LogP contribution in [0.4, 0.5) is 13.2 Å². The molecule has 0 aromatic heterocycles. The van der Waals surface area contributed by atoms with E-state index in [1.54, 1.807) is 0 Å². The van der Waals surface area contributed by atoms with E-state index in [0.29, 0.717) is 5.41 Å². The van der Waals surface area contributed by atoms with Gasteiger partial charge >= 0.3 is 82.7 Å². The van der Waals surface area contributed by atoms with Gasteiger partial charge in [0, 0.05) is 0 Å². The van der Waals surface area contributed by atoms with E-state index >= 15 is 0 Å². The third-order valence-corrected chi connectivity index (χ3v) is 7.47. The molecule has 6 heteroatoms. The van der Waals surface area contributed by atoms with E-state index < -0.39 is 11.7 Å². The summed E-state index contributed by atoms with van der Waals surface area (Å²) < 4.78 is 37.9. The van der Waals surface area contributed by atoms with Crippen molar-refractivity contribution in [2.24, 2.45) is 0 Å². The Kier molecular flexibility index (Phi) is 14.4. The van der Waals surface area contributed by atoms with Gasteiger partial charge in [-0.05, 0) is 6.42 Å². The van der Waals surface area contributed by atoms with E-state index in [0.717, 1.165) is 37.0 Å². The van der Waals surface area contributed by atoms with Gasteiger partial charge in [-0.15, -0.1) is 5.56 Å². The van der Waals surface area contributed by atoms with Gasteiger partial charge in [-0.25, -0.2) is 6.07 Å². The molecule has 0 saturated carbocycles. The predicted molar refractivity (Wildman–Crippen MR) is 150 cm³/mol. The van der Waals surface area contributed by atoms with Crippen molar-refractivity contribution >= 4 is 3.71 Å². The Bertz CT molecular complexity index is 1300. The maximum atomic E-state index is 12.0. The molecule has 5 rings (SSSR count). The van der Waals surface area contributed by atoms with Gasteiger partial charge in [0.15, 0.2) is 0 Å². The fourth-order valence-electron chi connectivity index (χ4n) is 4.58. The molecule has 0 unspecified atom stereocenters. The van der Waals surface area contributed by atoms with Gasteiger partial charge in [0.25, 0.3) is 0 Å². The maximum absolute atomic E-state index is 12.0. The second kappa shape index (κ2) is 15.9. The average Bonchev–Trinajstić information content (AvgIpc) is 3.50. The smallest absolute Gasteiger partial charge is 0.0253 e. The zero-order valence-corrected chi connectivity index (χ0v) is 27.6. The summed E-state index contributed by atoms with van der Waals surface area (Å²) in [5.74, 6) is 0. The molecule has 0 heterocycles. The van der Waals surface area contributed by atoms with Crippen LogP contribution in [0.15, 0.2) is 78.9 Å². The number of aryl methyl sites for hydroxylation is 2. The van der Waals surface area contributed by atoms with Crippen LogP contribution in [0, 0.1) is 6.07 Å². The van der Waals surface area contributed by atoms with Gasteiger partial charge in [0.1, 0.15) is 0 Å². The predicted octanol–water partition coefficient (Wildman–Crippen LogP) is 3.30. The number of rotatable bonds is 3. The molecule has 4 aromatic rings. The Balaban J connectivity index is 0.000000293. The molecule has 0 bridgehead atoms.